The monoisotopic (exact) mass is 229 g/mol. The lowest BCUT2D eigenvalue weighted by molar-refractivity contribution is -0.177. The maximum absolute atomic E-state index is 11.7. The number of imide groups is 1. The third-order valence-electron chi connectivity index (χ3n) is 2.72. The van der Waals surface area contributed by atoms with Gasteiger partial charge in [-0.1, -0.05) is 5.06 Å². The predicted molar refractivity (Wildman–Crippen MR) is 48.0 cm³/mol. The highest BCUT2D eigenvalue weighted by Gasteiger charge is 2.46. The first kappa shape index (κ1) is 10.9. The highest BCUT2D eigenvalue weighted by molar-refractivity contribution is 6.03. The van der Waals surface area contributed by atoms with E-state index in [9.17, 15) is 14.4 Å². The molecule has 2 saturated heterocycles. The normalized spacial score (nSPS) is 29.9. The van der Waals surface area contributed by atoms with E-state index in [4.69, 9.17) is 9.84 Å². The summed E-state index contributed by atoms with van der Waals surface area (Å²) in [6.07, 6.45) is -0.447. The van der Waals surface area contributed by atoms with E-state index in [2.05, 4.69) is 4.84 Å². The molecule has 2 aliphatic rings. The first-order chi connectivity index (χ1) is 7.59. The minimum absolute atomic E-state index is 0.0449. The Morgan fingerprint density at radius 3 is 2.81 bits per heavy atom. The third-order valence-corrected chi connectivity index (χ3v) is 2.72. The highest BCUT2D eigenvalue weighted by Crippen LogP contribution is 2.30. The minimum Gasteiger partial charge on any atom is -0.448 e. The number of hydrogen-bond donors (Lipinski definition) is 1. The summed E-state index contributed by atoms with van der Waals surface area (Å²) < 4.78 is 5.31. The second-order valence-electron chi connectivity index (χ2n) is 3.75. The van der Waals surface area contributed by atoms with Gasteiger partial charge in [0.1, 0.15) is 0 Å². The molecule has 7 nitrogen and oxygen atoms in total. The predicted octanol–water partition coefficient (Wildman–Crippen LogP) is 0.150. The van der Waals surface area contributed by atoms with E-state index in [1.54, 1.807) is 0 Å². The van der Waals surface area contributed by atoms with Crippen LogP contribution in [0.2, 0.25) is 0 Å². The molecule has 0 saturated carbocycles. The quantitative estimate of drug-likeness (QED) is 0.677. The molecule has 0 spiro atoms. The summed E-state index contributed by atoms with van der Waals surface area (Å²) >= 11 is 0. The zero-order valence-corrected chi connectivity index (χ0v) is 8.42. The Morgan fingerprint density at radius 2 is 2.25 bits per heavy atom. The smallest absolute Gasteiger partial charge is 0.448 e. The Hall–Kier alpha value is -1.63. The number of carboxylic acid groups (broad SMARTS) is 1. The molecule has 0 aliphatic carbocycles. The van der Waals surface area contributed by atoms with Gasteiger partial charge in [-0.25, -0.2) is 4.79 Å². The van der Waals surface area contributed by atoms with Crippen LogP contribution in [0.3, 0.4) is 0 Å². The summed E-state index contributed by atoms with van der Waals surface area (Å²) in [6, 6.07) is 0. The van der Waals surface area contributed by atoms with Crippen LogP contribution < -0.4 is 0 Å². The number of carbonyl (C=O) groups excluding carboxylic acids is 2. The molecule has 2 rings (SSSR count). The van der Waals surface area contributed by atoms with Crippen molar-refractivity contribution in [2.75, 3.05) is 6.61 Å². The fourth-order valence-electron chi connectivity index (χ4n) is 2.02. The zero-order valence-electron chi connectivity index (χ0n) is 8.42. The molecule has 0 bridgehead atoms. The zero-order chi connectivity index (χ0) is 11.7. The third kappa shape index (κ3) is 1.85. The lowest BCUT2D eigenvalue weighted by atomic mass is 9.98. The first-order valence-corrected chi connectivity index (χ1v) is 4.99. The van der Waals surface area contributed by atoms with Crippen LogP contribution in [0.25, 0.3) is 0 Å². The van der Waals surface area contributed by atoms with Crippen molar-refractivity contribution in [3.63, 3.8) is 0 Å². The van der Waals surface area contributed by atoms with E-state index in [1.807, 2.05) is 0 Å². The summed E-state index contributed by atoms with van der Waals surface area (Å²) in [7, 11) is 0. The number of carbonyl (C=O) groups is 3. The molecule has 2 fully saturated rings. The molecule has 1 N–H and O–H groups in total. The second kappa shape index (κ2) is 4.09. The number of rotatable bonds is 2. The second-order valence-corrected chi connectivity index (χ2v) is 3.75. The van der Waals surface area contributed by atoms with Gasteiger partial charge in [-0.2, -0.15) is 0 Å². The molecule has 0 aromatic carbocycles. The van der Waals surface area contributed by atoms with Gasteiger partial charge in [0, 0.05) is 13.0 Å². The summed E-state index contributed by atoms with van der Waals surface area (Å²) in [4.78, 5) is 37.4. The summed E-state index contributed by atoms with van der Waals surface area (Å²) in [6.45, 7) is 0.572. The average molecular weight is 229 g/mol. The number of ether oxygens (including phenoxy) is 1. The van der Waals surface area contributed by atoms with Gasteiger partial charge in [0.15, 0.2) is 0 Å². The van der Waals surface area contributed by atoms with Gasteiger partial charge in [0.2, 0.25) is 0 Å². The van der Waals surface area contributed by atoms with Gasteiger partial charge in [-0.3, -0.25) is 14.4 Å². The molecule has 88 valence electrons. The van der Waals surface area contributed by atoms with Crippen LogP contribution in [0.15, 0.2) is 0 Å². The van der Waals surface area contributed by atoms with E-state index in [0.29, 0.717) is 18.1 Å². The van der Waals surface area contributed by atoms with E-state index >= 15 is 0 Å². The van der Waals surface area contributed by atoms with Crippen molar-refractivity contribution in [2.45, 2.75) is 25.4 Å². The summed E-state index contributed by atoms with van der Waals surface area (Å²) in [5, 5.41) is 8.68. The molecule has 2 heterocycles. The molecule has 0 aromatic rings. The van der Waals surface area contributed by atoms with Gasteiger partial charge in [0.25, 0.3) is 11.8 Å². The van der Waals surface area contributed by atoms with E-state index in [1.165, 1.54) is 0 Å². The van der Waals surface area contributed by atoms with Crippen LogP contribution in [0.4, 0.5) is 4.79 Å². The Balaban J connectivity index is 2.06. The molecule has 0 aromatic heterocycles. The lowest BCUT2D eigenvalue weighted by Gasteiger charge is -2.15. The van der Waals surface area contributed by atoms with Gasteiger partial charge < -0.3 is 9.84 Å². The van der Waals surface area contributed by atoms with Gasteiger partial charge in [0.05, 0.1) is 12.0 Å². The van der Waals surface area contributed by atoms with Gasteiger partial charge >= 0.3 is 6.16 Å². The lowest BCUT2D eigenvalue weighted by Crippen LogP contribution is -2.35. The molecular formula is C9H11NO6. The van der Waals surface area contributed by atoms with Crippen molar-refractivity contribution < 1.29 is 29.1 Å². The SMILES string of the molecule is O=C(O)ON1C(=O)C[C@H](C2CCCO2)C1=O. The summed E-state index contributed by atoms with van der Waals surface area (Å²) in [5.41, 5.74) is 0. The topological polar surface area (TPSA) is 93.1 Å². The Bertz CT molecular complexity index is 335. The van der Waals surface area contributed by atoms with Crippen LogP contribution in [0.1, 0.15) is 19.3 Å². The van der Waals surface area contributed by atoms with E-state index in [-0.39, 0.29) is 12.5 Å². The van der Waals surface area contributed by atoms with Crippen LogP contribution in [-0.2, 0) is 19.2 Å². The van der Waals surface area contributed by atoms with Crippen molar-refractivity contribution in [1.29, 1.82) is 0 Å². The largest absolute Gasteiger partial charge is 0.531 e. The maximum atomic E-state index is 11.7. The summed E-state index contributed by atoms with van der Waals surface area (Å²) in [5.74, 6) is -1.86. The Morgan fingerprint density at radius 1 is 1.50 bits per heavy atom. The van der Waals surface area contributed by atoms with Gasteiger partial charge in [-0.15, -0.1) is 0 Å². The molecule has 7 heteroatoms. The van der Waals surface area contributed by atoms with E-state index < -0.39 is 23.9 Å². The van der Waals surface area contributed by atoms with Gasteiger partial charge in [-0.05, 0) is 12.8 Å². The molecule has 2 amide bonds. The number of hydrogen-bond acceptors (Lipinski definition) is 5. The van der Waals surface area contributed by atoms with Crippen molar-refractivity contribution in [3.8, 4) is 0 Å². The minimum atomic E-state index is -1.67. The fraction of sp³-hybridized carbons (Fsp3) is 0.667. The standard InChI is InChI=1S/C9H11NO6/c11-7-4-5(6-2-1-3-15-6)8(12)10(7)16-9(13)14/h5-6H,1-4H2,(H,13,14)/t5-,6?/m1/s1. The Labute approximate surface area is 90.9 Å². The van der Waals surface area contributed by atoms with Crippen molar-refractivity contribution in [1.82, 2.24) is 5.06 Å². The molecule has 2 aliphatic heterocycles. The van der Waals surface area contributed by atoms with Crippen molar-refractivity contribution >= 4 is 18.0 Å². The molecule has 0 radical (unpaired) electrons. The fourth-order valence-corrected chi connectivity index (χ4v) is 2.02. The van der Waals surface area contributed by atoms with E-state index in [0.717, 1.165) is 6.42 Å². The van der Waals surface area contributed by atoms with Crippen molar-refractivity contribution in [3.05, 3.63) is 0 Å². The number of nitrogens with zero attached hydrogens (tertiary/aromatic N) is 1. The molecule has 1 unspecified atom stereocenters. The van der Waals surface area contributed by atoms with Crippen LogP contribution in [0, 0.1) is 5.92 Å². The molecule has 16 heavy (non-hydrogen) atoms. The number of hydroxylamine groups is 2. The first-order valence-electron chi connectivity index (χ1n) is 4.99. The van der Waals surface area contributed by atoms with Crippen LogP contribution in [-0.4, -0.2) is 40.9 Å². The average Bonchev–Trinajstić information content (AvgIpc) is 2.80. The van der Waals surface area contributed by atoms with Crippen LogP contribution >= 0.6 is 0 Å². The Kier molecular flexibility index (Phi) is 2.78. The highest BCUT2D eigenvalue weighted by atomic mass is 16.8. The molecule has 2 atom stereocenters. The maximum Gasteiger partial charge on any atom is 0.531 e. The number of amides is 2. The van der Waals surface area contributed by atoms with Crippen molar-refractivity contribution in [2.24, 2.45) is 5.92 Å². The molecular weight excluding hydrogens is 218 g/mol. The van der Waals surface area contributed by atoms with Crippen LogP contribution in [0.5, 0.6) is 0 Å².